The Bertz CT molecular complexity index is 1120. The Hall–Kier alpha value is -3.27. The van der Waals surface area contributed by atoms with E-state index in [1.54, 1.807) is 7.11 Å². The fourth-order valence-electron chi connectivity index (χ4n) is 4.16. The molecular formula is C21H26N6O4. The molecule has 10 heteroatoms. The van der Waals surface area contributed by atoms with E-state index in [0.29, 0.717) is 30.2 Å². The minimum atomic E-state index is -0.638. The number of carbonyl (C=O) groups excluding carboxylic acids is 1. The summed E-state index contributed by atoms with van der Waals surface area (Å²) in [5.74, 6) is 1.08. The number of carbonyl (C=O) groups is 1. The first-order valence-electron chi connectivity index (χ1n) is 10.4. The first-order valence-corrected chi connectivity index (χ1v) is 10.4. The van der Waals surface area contributed by atoms with Crippen LogP contribution in [0.15, 0.2) is 29.1 Å². The van der Waals surface area contributed by atoms with Crippen LogP contribution in [0.3, 0.4) is 0 Å². The van der Waals surface area contributed by atoms with Crippen molar-refractivity contribution in [1.82, 2.24) is 30.1 Å². The van der Waals surface area contributed by atoms with Crippen molar-refractivity contribution in [1.29, 1.82) is 0 Å². The number of rotatable bonds is 6. The van der Waals surface area contributed by atoms with Gasteiger partial charge in [0.15, 0.2) is 5.82 Å². The van der Waals surface area contributed by atoms with Crippen molar-refractivity contribution in [3.8, 4) is 5.75 Å². The maximum atomic E-state index is 12.8. The van der Waals surface area contributed by atoms with Crippen molar-refractivity contribution < 1.29 is 14.3 Å². The molecule has 10 nitrogen and oxygen atoms in total. The maximum absolute atomic E-state index is 12.8. The highest BCUT2D eigenvalue weighted by Gasteiger charge is 2.26. The number of hydrogen-bond donors (Lipinski definition) is 1. The molecule has 1 aromatic carbocycles. The number of aromatic nitrogens is 5. The number of H-pyrrole nitrogens is 1. The highest BCUT2D eigenvalue weighted by Crippen LogP contribution is 2.26. The van der Waals surface area contributed by atoms with Gasteiger partial charge in [0.2, 0.25) is 0 Å². The fraction of sp³-hybridized carbons (Fsp3) is 0.476. The number of nitrogens with one attached hydrogen (secondary N) is 1. The summed E-state index contributed by atoms with van der Waals surface area (Å²) in [5, 5.41) is 12.3. The number of nitrogens with zero attached hydrogens (tertiary/aromatic N) is 5. The van der Waals surface area contributed by atoms with Crippen LogP contribution in [-0.2, 0) is 17.8 Å². The fourth-order valence-corrected chi connectivity index (χ4v) is 4.16. The summed E-state index contributed by atoms with van der Waals surface area (Å²) in [5.41, 5.74) is 1.24. The zero-order valence-corrected chi connectivity index (χ0v) is 17.7. The highest BCUT2D eigenvalue weighted by atomic mass is 16.5. The van der Waals surface area contributed by atoms with Crippen molar-refractivity contribution >= 4 is 17.0 Å². The minimum absolute atomic E-state index is 0.144. The molecule has 0 saturated heterocycles. The number of hydrogen-bond acceptors (Lipinski definition) is 8. The number of benzene rings is 1. The second-order valence-electron chi connectivity index (χ2n) is 7.75. The lowest BCUT2D eigenvalue weighted by atomic mass is 9.93. The molecule has 4 rings (SSSR count). The van der Waals surface area contributed by atoms with Gasteiger partial charge < -0.3 is 14.5 Å². The Labute approximate surface area is 179 Å². The van der Waals surface area contributed by atoms with Gasteiger partial charge in [-0.2, -0.15) is 0 Å². The quantitative estimate of drug-likeness (QED) is 0.598. The van der Waals surface area contributed by atoms with E-state index in [9.17, 15) is 9.59 Å². The van der Waals surface area contributed by atoms with Crippen LogP contribution in [-0.4, -0.2) is 56.4 Å². The second kappa shape index (κ2) is 9.25. The summed E-state index contributed by atoms with van der Waals surface area (Å²) in [6.45, 7) is 0.767. The van der Waals surface area contributed by atoms with Gasteiger partial charge in [0.1, 0.15) is 5.75 Å². The monoisotopic (exact) mass is 426 g/mol. The van der Waals surface area contributed by atoms with Crippen LogP contribution in [0, 0.1) is 0 Å². The smallest absolute Gasteiger partial charge is 0.437 e. The van der Waals surface area contributed by atoms with Crippen molar-refractivity contribution in [3.63, 3.8) is 0 Å². The Kier molecular flexibility index (Phi) is 6.26. The molecule has 0 aliphatic heterocycles. The van der Waals surface area contributed by atoms with E-state index in [1.807, 2.05) is 24.3 Å². The third-order valence-electron chi connectivity index (χ3n) is 5.82. The summed E-state index contributed by atoms with van der Waals surface area (Å²) in [6.07, 6.45) is 4.91. The number of tetrazole rings is 1. The zero-order valence-electron chi connectivity index (χ0n) is 17.7. The van der Waals surface area contributed by atoms with Crippen LogP contribution in [0.1, 0.15) is 43.5 Å². The standard InChI is InChI=1S/C21H26N6O4/c1-30-17-9-8-14-10-15(20(28)22-18(14)11-17)12-26(16-6-4-3-5-7-16)13-19-23-24-25-27(19)21(29)31-2/h8-11,16H,3-7,12-13H2,1-2H3,(H,22,28). The molecule has 0 radical (unpaired) electrons. The van der Waals surface area contributed by atoms with E-state index in [4.69, 9.17) is 9.47 Å². The highest BCUT2D eigenvalue weighted by molar-refractivity contribution is 5.80. The summed E-state index contributed by atoms with van der Waals surface area (Å²) >= 11 is 0. The van der Waals surface area contributed by atoms with Crippen LogP contribution < -0.4 is 10.3 Å². The first kappa shape index (κ1) is 21.0. The molecule has 164 valence electrons. The van der Waals surface area contributed by atoms with Crippen molar-refractivity contribution in [2.24, 2.45) is 0 Å². The van der Waals surface area contributed by atoms with Gasteiger partial charge in [0, 0.05) is 24.2 Å². The molecule has 1 aliphatic carbocycles. The van der Waals surface area contributed by atoms with Crippen molar-refractivity contribution in [2.45, 2.75) is 51.2 Å². The average molecular weight is 426 g/mol. The van der Waals surface area contributed by atoms with Crippen LogP contribution in [0.25, 0.3) is 10.9 Å². The third kappa shape index (κ3) is 4.58. The van der Waals surface area contributed by atoms with Gasteiger partial charge in [-0.25, -0.2) is 4.79 Å². The molecule has 2 aromatic heterocycles. The summed E-state index contributed by atoms with van der Waals surface area (Å²) in [4.78, 5) is 30.0. The van der Waals surface area contributed by atoms with Gasteiger partial charge in [-0.3, -0.25) is 9.69 Å². The predicted octanol–water partition coefficient (Wildman–Crippen LogP) is 2.47. The molecule has 1 saturated carbocycles. The SMILES string of the molecule is COC(=O)n1nnnc1CN(Cc1cc2ccc(OC)cc2[nH]c1=O)C1CCCCC1. The van der Waals surface area contributed by atoms with Gasteiger partial charge in [0.25, 0.3) is 5.56 Å². The zero-order chi connectivity index (χ0) is 21.8. The molecule has 31 heavy (non-hydrogen) atoms. The molecule has 2 heterocycles. The molecule has 1 N–H and O–H groups in total. The lowest BCUT2D eigenvalue weighted by Crippen LogP contribution is -2.38. The minimum Gasteiger partial charge on any atom is -0.497 e. The Morgan fingerprint density at radius 2 is 2.00 bits per heavy atom. The van der Waals surface area contributed by atoms with Crippen molar-refractivity contribution in [3.05, 3.63) is 46.0 Å². The number of pyridine rings is 1. The molecular weight excluding hydrogens is 400 g/mol. The predicted molar refractivity (Wildman–Crippen MR) is 113 cm³/mol. The normalized spacial score (nSPS) is 14.8. The van der Waals surface area contributed by atoms with E-state index in [2.05, 4.69) is 25.4 Å². The van der Waals surface area contributed by atoms with E-state index in [0.717, 1.165) is 41.3 Å². The van der Waals surface area contributed by atoms with Gasteiger partial charge in [-0.05, 0) is 46.9 Å². The van der Waals surface area contributed by atoms with Gasteiger partial charge in [0.05, 0.1) is 26.3 Å². The number of methoxy groups -OCH3 is 2. The van der Waals surface area contributed by atoms with Crippen molar-refractivity contribution in [2.75, 3.05) is 14.2 Å². The number of fused-ring (bicyclic) bond motifs is 1. The van der Waals surface area contributed by atoms with E-state index in [1.165, 1.54) is 13.5 Å². The first-order chi connectivity index (χ1) is 15.1. The van der Waals surface area contributed by atoms with Crippen LogP contribution >= 0.6 is 0 Å². The van der Waals surface area contributed by atoms with Gasteiger partial charge in [-0.1, -0.05) is 19.3 Å². The topological polar surface area (TPSA) is 115 Å². The molecule has 0 spiro atoms. The van der Waals surface area contributed by atoms with E-state index in [-0.39, 0.29) is 11.6 Å². The number of ether oxygens (including phenoxy) is 2. The Morgan fingerprint density at radius 3 is 2.74 bits per heavy atom. The molecule has 0 unspecified atom stereocenters. The number of aromatic amines is 1. The van der Waals surface area contributed by atoms with Crippen LogP contribution in [0.5, 0.6) is 5.75 Å². The van der Waals surface area contributed by atoms with Gasteiger partial charge >= 0.3 is 6.09 Å². The molecule has 1 aliphatic rings. The van der Waals surface area contributed by atoms with Crippen LogP contribution in [0.2, 0.25) is 0 Å². The largest absolute Gasteiger partial charge is 0.497 e. The van der Waals surface area contributed by atoms with E-state index >= 15 is 0 Å². The second-order valence-corrected chi connectivity index (χ2v) is 7.75. The summed E-state index contributed by atoms with van der Waals surface area (Å²) in [6, 6.07) is 7.79. The molecule has 0 atom stereocenters. The third-order valence-corrected chi connectivity index (χ3v) is 5.82. The van der Waals surface area contributed by atoms with Gasteiger partial charge in [-0.15, -0.1) is 9.78 Å². The summed E-state index contributed by atoms with van der Waals surface area (Å²) < 4.78 is 11.1. The van der Waals surface area contributed by atoms with E-state index < -0.39 is 6.09 Å². The van der Waals surface area contributed by atoms with Crippen LogP contribution in [0.4, 0.5) is 4.79 Å². The molecule has 0 amide bonds. The maximum Gasteiger partial charge on any atom is 0.437 e. The molecule has 1 fully saturated rings. The Morgan fingerprint density at radius 1 is 1.19 bits per heavy atom. The lowest BCUT2D eigenvalue weighted by Gasteiger charge is -2.33. The Balaban J connectivity index is 1.65. The summed E-state index contributed by atoms with van der Waals surface area (Å²) in [7, 11) is 2.88. The lowest BCUT2D eigenvalue weighted by molar-refractivity contribution is 0.131. The molecule has 0 bridgehead atoms. The molecule has 3 aromatic rings. The average Bonchev–Trinajstić information content (AvgIpc) is 3.27.